The van der Waals surface area contributed by atoms with Crippen LogP contribution in [0.4, 0.5) is 4.79 Å². The van der Waals surface area contributed by atoms with Gasteiger partial charge >= 0.3 is 12.0 Å². The summed E-state index contributed by atoms with van der Waals surface area (Å²) in [7, 11) is -3.89. The second-order valence-corrected chi connectivity index (χ2v) is 9.47. The van der Waals surface area contributed by atoms with Crippen molar-refractivity contribution in [3.63, 3.8) is 0 Å². The van der Waals surface area contributed by atoms with Crippen LogP contribution in [-0.2, 0) is 19.6 Å². The lowest BCUT2D eigenvalue weighted by molar-refractivity contribution is -0.127. The third kappa shape index (κ3) is 5.93. The fourth-order valence-electron chi connectivity index (χ4n) is 3.03. The largest absolute Gasteiger partial charge is 0.449 e. The molecule has 2 atom stereocenters. The second-order valence-electron chi connectivity index (χ2n) is 7.15. The van der Waals surface area contributed by atoms with Crippen molar-refractivity contribution in [2.45, 2.75) is 44.6 Å². The van der Waals surface area contributed by atoms with Crippen molar-refractivity contribution in [3.05, 3.63) is 28.8 Å². The molecule has 1 heterocycles. The number of sulfonamides is 1. The number of carbonyl (C=O) groups is 3. The first-order valence-corrected chi connectivity index (χ1v) is 11.5. The summed E-state index contributed by atoms with van der Waals surface area (Å²) in [5.41, 5.74) is -0.0688. The maximum Gasteiger partial charge on any atom is 0.338 e. The van der Waals surface area contributed by atoms with Crippen molar-refractivity contribution in [2.75, 3.05) is 19.6 Å². The SMILES string of the molecule is CCNC(=O)NC(=O)C(C)OC(=O)c1ccc(Cl)c(S(=O)(=O)N2CCCC(C)C2)c1. The molecule has 1 saturated heterocycles. The molecule has 0 bridgehead atoms. The molecule has 2 rings (SSSR count). The van der Waals surface area contributed by atoms with Gasteiger partial charge in [-0.3, -0.25) is 10.1 Å². The van der Waals surface area contributed by atoms with Crippen molar-refractivity contribution < 1.29 is 27.5 Å². The first-order valence-electron chi connectivity index (χ1n) is 9.65. The molecule has 30 heavy (non-hydrogen) atoms. The van der Waals surface area contributed by atoms with Gasteiger partial charge in [0.2, 0.25) is 10.0 Å². The van der Waals surface area contributed by atoms with E-state index in [1.165, 1.54) is 23.4 Å². The van der Waals surface area contributed by atoms with Crippen LogP contribution in [0.1, 0.15) is 44.0 Å². The molecule has 0 spiro atoms. The number of piperidine rings is 1. The number of rotatable bonds is 6. The minimum absolute atomic E-state index is 0.00759. The van der Waals surface area contributed by atoms with Crippen LogP contribution >= 0.6 is 11.6 Å². The molecule has 0 saturated carbocycles. The Morgan fingerprint density at radius 2 is 2.03 bits per heavy atom. The van der Waals surface area contributed by atoms with E-state index in [2.05, 4.69) is 5.32 Å². The van der Waals surface area contributed by atoms with Gasteiger partial charge in [-0.15, -0.1) is 0 Å². The Hall–Kier alpha value is -2.17. The summed E-state index contributed by atoms with van der Waals surface area (Å²) in [6.07, 6.45) is 0.430. The van der Waals surface area contributed by atoms with Gasteiger partial charge in [-0.25, -0.2) is 18.0 Å². The van der Waals surface area contributed by atoms with Gasteiger partial charge in [-0.1, -0.05) is 18.5 Å². The Labute approximate surface area is 181 Å². The van der Waals surface area contributed by atoms with Crippen LogP contribution in [0.2, 0.25) is 5.02 Å². The van der Waals surface area contributed by atoms with Crippen LogP contribution in [0, 0.1) is 5.92 Å². The van der Waals surface area contributed by atoms with E-state index >= 15 is 0 Å². The molecule has 9 nitrogen and oxygen atoms in total. The van der Waals surface area contributed by atoms with Crippen LogP contribution in [0.15, 0.2) is 23.1 Å². The summed E-state index contributed by atoms with van der Waals surface area (Å²) < 4.78 is 32.5. The van der Waals surface area contributed by atoms with E-state index in [0.29, 0.717) is 19.6 Å². The molecule has 2 unspecified atom stereocenters. The molecular weight excluding hydrogens is 434 g/mol. The standard InChI is InChI=1S/C19H26ClN3O6S/c1-4-21-19(26)22-17(24)13(3)29-18(25)14-7-8-15(20)16(10-14)30(27,28)23-9-5-6-12(2)11-23/h7-8,10,12-13H,4-6,9,11H2,1-3H3,(H2,21,22,24,26). The number of amides is 3. The normalized spacial score (nSPS) is 18.3. The molecule has 0 aromatic heterocycles. The summed E-state index contributed by atoms with van der Waals surface area (Å²) in [4.78, 5) is 35.6. The van der Waals surface area contributed by atoms with E-state index in [0.717, 1.165) is 18.9 Å². The number of hydrogen-bond acceptors (Lipinski definition) is 6. The number of imide groups is 1. The number of nitrogens with zero attached hydrogens (tertiary/aromatic N) is 1. The summed E-state index contributed by atoms with van der Waals surface area (Å²) >= 11 is 6.12. The van der Waals surface area contributed by atoms with E-state index in [9.17, 15) is 22.8 Å². The lowest BCUT2D eigenvalue weighted by atomic mass is 10.0. The number of carbonyl (C=O) groups excluding carboxylic acids is 3. The van der Waals surface area contributed by atoms with Gasteiger partial charge < -0.3 is 10.1 Å². The topological polar surface area (TPSA) is 122 Å². The molecule has 1 aromatic carbocycles. The van der Waals surface area contributed by atoms with Crippen molar-refractivity contribution in [1.29, 1.82) is 0 Å². The Kier molecular flexibility index (Phi) is 8.22. The maximum atomic E-state index is 13.0. The molecule has 166 valence electrons. The zero-order valence-corrected chi connectivity index (χ0v) is 18.7. The van der Waals surface area contributed by atoms with Gasteiger partial charge in [0.15, 0.2) is 6.10 Å². The van der Waals surface area contributed by atoms with E-state index in [-0.39, 0.29) is 21.4 Å². The van der Waals surface area contributed by atoms with Crippen molar-refractivity contribution in [3.8, 4) is 0 Å². The molecule has 1 aliphatic rings. The summed E-state index contributed by atoms with van der Waals surface area (Å²) in [5.74, 6) is -1.49. The van der Waals surface area contributed by atoms with Crippen LogP contribution in [-0.4, -0.2) is 56.4 Å². The number of halogens is 1. The molecule has 1 aromatic rings. The van der Waals surface area contributed by atoms with Gasteiger partial charge in [-0.05, 0) is 50.8 Å². The molecule has 0 aliphatic carbocycles. The third-order valence-corrected chi connectivity index (χ3v) is 6.98. The van der Waals surface area contributed by atoms with Crippen molar-refractivity contribution in [2.24, 2.45) is 5.92 Å². The summed E-state index contributed by atoms with van der Waals surface area (Å²) in [6, 6.07) is 3.06. The van der Waals surface area contributed by atoms with E-state index in [4.69, 9.17) is 16.3 Å². The minimum atomic E-state index is -3.89. The number of urea groups is 1. The second kappa shape index (κ2) is 10.2. The van der Waals surface area contributed by atoms with Crippen LogP contribution in [0.5, 0.6) is 0 Å². The first kappa shape index (κ1) is 24.1. The summed E-state index contributed by atoms with van der Waals surface area (Å²) in [5, 5.41) is 4.42. The molecule has 1 aliphatic heterocycles. The van der Waals surface area contributed by atoms with Gasteiger partial charge in [0.25, 0.3) is 5.91 Å². The number of hydrogen-bond donors (Lipinski definition) is 2. The maximum absolute atomic E-state index is 13.0. The number of ether oxygens (including phenoxy) is 1. The van der Waals surface area contributed by atoms with E-state index in [1.807, 2.05) is 12.2 Å². The van der Waals surface area contributed by atoms with Gasteiger partial charge in [0.1, 0.15) is 4.90 Å². The number of esters is 1. The summed E-state index contributed by atoms with van der Waals surface area (Å²) in [6.45, 7) is 6.05. The smallest absolute Gasteiger partial charge is 0.338 e. The quantitative estimate of drug-likeness (QED) is 0.628. The number of nitrogens with one attached hydrogen (secondary N) is 2. The molecule has 0 radical (unpaired) electrons. The Morgan fingerprint density at radius 3 is 2.67 bits per heavy atom. The fourth-order valence-corrected chi connectivity index (χ4v) is 5.13. The predicted molar refractivity (Wildman–Crippen MR) is 111 cm³/mol. The highest BCUT2D eigenvalue weighted by atomic mass is 35.5. The zero-order valence-electron chi connectivity index (χ0n) is 17.1. The number of benzene rings is 1. The molecule has 2 N–H and O–H groups in total. The Bertz CT molecular complexity index is 921. The lowest BCUT2D eigenvalue weighted by Crippen LogP contribution is -2.44. The van der Waals surface area contributed by atoms with Gasteiger partial charge in [0, 0.05) is 19.6 Å². The van der Waals surface area contributed by atoms with E-state index < -0.39 is 34.0 Å². The molecule has 11 heteroatoms. The lowest BCUT2D eigenvalue weighted by Gasteiger charge is -2.30. The third-order valence-electron chi connectivity index (χ3n) is 4.63. The molecule has 3 amide bonds. The highest BCUT2D eigenvalue weighted by Crippen LogP contribution is 2.29. The monoisotopic (exact) mass is 459 g/mol. The Balaban J connectivity index is 2.16. The first-order chi connectivity index (χ1) is 14.1. The Morgan fingerprint density at radius 1 is 1.33 bits per heavy atom. The highest BCUT2D eigenvalue weighted by molar-refractivity contribution is 7.89. The predicted octanol–water partition coefficient (Wildman–Crippen LogP) is 2.15. The molecular formula is C19H26ClN3O6S. The minimum Gasteiger partial charge on any atom is -0.449 e. The average molecular weight is 460 g/mol. The fraction of sp³-hybridized carbons (Fsp3) is 0.526. The molecule has 1 fully saturated rings. The van der Waals surface area contributed by atoms with E-state index in [1.54, 1.807) is 6.92 Å². The van der Waals surface area contributed by atoms with Gasteiger partial charge in [-0.2, -0.15) is 4.31 Å². The van der Waals surface area contributed by atoms with Crippen molar-refractivity contribution in [1.82, 2.24) is 14.9 Å². The van der Waals surface area contributed by atoms with Gasteiger partial charge in [0.05, 0.1) is 10.6 Å². The average Bonchev–Trinajstić information content (AvgIpc) is 2.68. The van der Waals surface area contributed by atoms with Crippen LogP contribution in [0.3, 0.4) is 0 Å². The van der Waals surface area contributed by atoms with Crippen LogP contribution in [0.25, 0.3) is 0 Å². The van der Waals surface area contributed by atoms with Crippen LogP contribution < -0.4 is 10.6 Å². The highest BCUT2D eigenvalue weighted by Gasteiger charge is 2.31. The van der Waals surface area contributed by atoms with Crippen molar-refractivity contribution >= 4 is 39.5 Å². The zero-order chi connectivity index (χ0) is 22.5.